The average molecular weight is 439 g/mol. The molecule has 0 radical (unpaired) electrons. The number of hydrogen-bond acceptors (Lipinski definition) is 6. The predicted octanol–water partition coefficient (Wildman–Crippen LogP) is 2.29. The molecule has 2 atom stereocenters. The third-order valence-electron chi connectivity index (χ3n) is 6.13. The normalized spacial score (nSPS) is 27.5. The minimum Gasteiger partial charge on any atom is -0.486 e. The summed E-state index contributed by atoms with van der Waals surface area (Å²) in [5, 5.41) is 3.40. The minimum absolute atomic E-state index is 0.00547. The van der Waals surface area contributed by atoms with Gasteiger partial charge in [-0.1, -0.05) is 12.1 Å². The molecular formula is C22H34N2O5S. The fraction of sp³-hybridized carbons (Fsp3) is 0.682. The maximum atomic E-state index is 11.6. The van der Waals surface area contributed by atoms with Gasteiger partial charge in [0.25, 0.3) is 0 Å². The highest BCUT2D eigenvalue weighted by atomic mass is 32.2. The molecule has 0 aromatic heterocycles. The molecule has 0 unspecified atom stereocenters. The summed E-state index contributed by atoms with van der Waals surface area (Å²) in [6, 6.07) is 5.89. The summed E-state index contributed by atoms with van der Waals surface area (Å²) in [5.74, 6) is 1.22. The lowest BCUT2D eigenvalue weighted by molar-refractivity contribution is -0.109. The molecule has 1 heterocycles. The number of nitrogens with one attached hydrogen (secondary N) is 2. The van der Waals surface area contributed by atoms with E-state index in [2.05, 4.69) is 23.0 Å². The molecule has 1 saturated heterocycles. The van der Waals surface area contributed by atoms with Gasteiger partial charge in [-0.15, -0.1) is 0 Å². The Balaban J connectivity index is 1.53. The maximum Gasteiger partial charge on any atom is 0.209 e. The molecule has 2 aliphatic rings. The zero-order valence-electron chi connectivity index (χ0n) is 17.9. The highest BCUT2D eigenvalue weighted by Crippen LogP contribution is 2.40. The number of rotatable bonds is 9. The number of sulfonamides is 1. The molecule has 1 aromatic carbocycles. The number of ether oxygens (including phenoxy) is 2. The minimum atomic E-state index is -3.23. The van der Waals surface area contributed by atoms with E-state index in [1.807, 2.05) is 12.1 Å². The second kappa shape index (κ2) is 10.7. The van der Waals surface area contributed by atoms with Gasteiger partial charge in [-0.25, -0.2) is 13.1 Å². The molecule has 30 heavy (non-hydrogen) atoms. The van der Waals surface area contributed by atoms with Crippen LogP contribution in [0.2, 0.25) is 0 Å². The molecule has 2 fully saturated rings. The van der Waals surface area contributed by atoms with E-state index in [0.717, 1.165) is 57.1 Å². The first kappa shape index (κ1) is 23.2. The number of piperidine rings is 1. The first-order valence-electron chi connectivity index (χ1n) is 10.9. The monoisotopic (exact) mass is 438 g/mol. The van der Waals surface area contributed by atoms with Crippen LogP contribution in [0, 0.1) is 6.92 Å². The molecule has 1 aliphatic heterocycles. The van der Waals surface area contributed by atoms with Crippen molar-refractivity contribution in [2.24, 2.45) is 0 Å². The summed E-state index contributed by atoms with van der Waals surface area (Å²) in [4.78, 5) is 10.7. The Kier molecular flexibility index (Phi) is 8.27. The first-order chi connectivity index (χ1) is 14.4. The lowest BCUT2D eigenvalue weighted by atomic mass is 9.80. The van der Waals surface area contributed by atoms with Gasteiger partial charge in [-0.3, -0.25) is 4.79 Å². The van der Waals surface area contributed by atoms with Gasteiger partial charge in [0, 0.05) is 17.6 Å². The predicted molar refractivity (Wildman–Crippen MR) is 116 cm³/mol. The number of carbonyl (C=O) groups excluding carboxylic acids is 1. The van der Waals surface area contributed by atoms with E-state index in [4.69, 9.17) is 9.47 Å². The van der Waals surface area contributed by atoms with Gasteiger partial charge in [0.05, 0.1) is 19.0 Å². The zero-order chi connectivity index (χ0) is 21.6. The van der Waals surface area contributed by atoms with Crippen LogP contribution in [0.5, 0.6) is 5.75 Å². The Morgan fingerprint density at radius 3 is 2.67 bits per heavy atom. The van der Waals surface area contributed by atoms with Gasteiger partial charge in [-0.2, -0.15) is 0 Å². The van der Waals surface area contributed by atoms with Crippen LogP contribution in [0.3, 0.4) is 0 Å². The van der Waals surface area contributed by atoms with Crippen LogP contribution in [0.25, 0.3) is 0 Å². The highest BCUT2D eigenvalue weighted by molar-refractivity contribution is 7.88. The standard InChI is InChI=1S/C22H34N2O5S/c1-16-5-3-7-21(28-14-13-25)22(16)17-8-10-18(11-9-17)29-15-20-19(6-4-12-23-20)24-30(2,26)27/h3,5,7,13,17-20,23-24H,4,6,8-12,14-15H2,1-2H3/t17-,18+,19-,20-/m0/s1. The first-order valence-corrected chi connectivity index (χ1v) is 12.7. The van der Waals surface area contributed by atoms with E-state index < -0.39 is 10.0 Å². The summed E-state index contributed by atoms with van der Waals surface area (Å²) in [7, 11) is -3.23. The van der Waals surface area contributed by atoms with E-state index in [9.17, 15) is 13.2 Å². The van der Waals surface area contributed by atoms with Gasteiger partial charge in [0.2, 0.25) is 10.0 Å². The Bertz CT molecular complexity index is 806. The van der Waals surface area contributed by atoms with Crippen LogP contribution in [0.1, 0.15) is 55.6 Å². The van der Waals surface area contributed by atoms with E-state index in [-0.39, 0.29) is 24.8 Å². The second-order valence-electron chi connectivity index (χ2n) is 8.47. The molecule has 0 bridgehead atoms. The molecule has 8 heteroatoms. The highest BCUT2D eigenvalue weighted by Gasteiger charge is 2.30. The second-order valence-corrected chi connectivity index (χ2v) is 10.3. The van der Waals surface area contributed by atoms with Crippen LogP contribution in [0.4, 0.5) is 0 Å². The van der Waals surface area contributed by atoms with Gasteiger partial charge in [0.15, 0.2) is 6.29 Å². The quantitative estimate of drug-likeness (QED) is 0.575. The van der Waals surface area contributed by atoms with Crippen LogP contribution in [0.15, 0.2) is 18.2 Å². The number of aldehydes is 1. The molecule has 1 aromatic rings. The number of aryl methyl sites for hydroxylation is 1. The molecule has 0 amide bonds. The van der Waals surface area contributed by atoms with Crippen molar-refractivity contribution in [3.63, 3.8) is 0 Å². The smallest absolute Gasteiger partial charge is 0.209 e. The fourth-order valence-corrected chi connectivity index (χ4v) is 5.56. The van der Waals surface area contributed by atoms with Crippen LogP contribution in [-0.4, -0.2) is 58.9 Å². The van der Waals surface area contributed by atoms with Gasteiger partial charge < -0.3 is 14.8 Å². The van der Waals surface area contributed by atoms with Crippen molar-refractivity contribution in [2.75, 3.05) is 26.0 Å². The lowest BCUT2D eigenvalue weighted by Gasteiger charge is -2.35. The Labute approximate surface area is 180 Å². The van der Waals surface area contributed by atoms with Crippen molar-refractivity contribution >= 4 is 16.3 Å². The molecule has 0 spiro atoms. The van der Waals surface area contributed by atoms with Crippen molar-refractivity contribution in [1.29, 1.82) is 0 Å². The molecule has 3 rings (SSSR count). The van der Waals surface area contributed by atoms with Crippen LogP contribution >= 0.6 is 0 Å². The van der Waals surface area contributed by atoms with Crippen LogP contribution in [-0.2, 0) is 19.6 Å². The van der Waals surface area contributed by atoms with Crippen molar-refractivity contribution in [2.45, 2.75) is 69.6 Å². The lowest BCUT2D eigenvalue weighted by Crippen LogP contribution is -2.55. The van der Waals surface area contributed by atoms with Crippen molar-refractivity contribution < 1.29 is 22.7 Å². The average Bonchev–Trinajstić information content (AvgIpc) is 2.71. The largest absolute Gasteiger partial charge is 0.486 e. The Hall–Kier alpha value is -1.48. The van der Waals surface area contributed by atoms with E-state index in [1.54, 1.807) is 0 Å². The number of benzene rings is 1. The Morgan fingerprint density at radius 1 is 1.20 bits per heavy atom. The third kappa shape index (κ3) is 6.51. The summed E-state index contributed by atoms with van der Waals surface area (Å²) < 4.78 is 37.9. The van der Waals surface area contributed by atoms with Gasteiger partial charge >= 0.3 is 0 Å². The molecule has 1 saturated carbocycles. The van der Waals surface area contributed by atoms with Crippen LogP contribution < -0.4 is 14.8 Å². The molecule has 7 nitrogen and oxygen atoms in total. The Morgan fingerprint density at radius 2 is 1.97 bits per heavy atom. The van der Waals surface area contributed by atoms with Gasteiger partial charge in [-0.05, 0) is 69.5 Å². The molecule has 1 aliphatic carbocycles. The summed E-state index contributed by atoms with van der Waals surface area (Å²) in [6.07, 6.45) is 7.91. The zero-order valence-corrected chi connectivity index (χ0v) is 18.7. The molecular weight excluding hydrogens is 404 g/mol. The maximum absolute atomic E-state index is 11.6. The summed E-state index contributed by atoms with van der Waals surface area (Å²) >= 11 is 0. The van der Waals surface area contributed by atoms with Crippen molar-refractivity contribution in [3.05, 3.63) is 29.3 Å². The SMILES string of the molecule is Cc1cccc(OCC=O)c1[C@H]1CC[C@@H](OC[C@@H]2NCCC[C@@H]2NS(C)(=O)=O)CC1. The van der Waals surface area contributed by atoms with Crippen molar-refractivity contribution in [3.8, 4) is 5.75 Å². The topological polar surface area (TPSA) is 93.7 Å². The van der Waals surface area contributed by atoms with Gasteiger partial charge in [0.1, 0.15) is 12.4 Å². The molecule has 2 N–H and O–H groups in total. The molecule has 168 valence electrons. The summed E-state index contributed by atoms with van der Waals surface area (Å²) in [6.45, 7) is 3.57. The fourth-order valence-electron chi connectivity index (χ4n) is 4.73. The third-order valence-corrected chi connectivity index (χ3v) is 6.87. The number of hydrogen-bond donors (Lipinski definition) is 2. The summed E-state index contributed by atoms with van der Waals surface area (Å²) in [5.41, 5.74) is 2.41. The van der Waals surface area contributed by atoms with Crippen molar-refractivity contribution in [1.82, 2.24) is 10.0 Å². The van der Waals surface area contributed by atoms with E-state index in [0.29, 0.717) is 12.5 Å². The van der Waals surface area contributed by atoms with E-state index in [1.165, 1.54) is 17.4 Å². The number of carbonyl (C=O) groups is 1. The van der Waals surface area contributed by atoms with E-state index >= 15 is 0 Å².